The highest BCUT2D eigenvalue weighted by atomic mass is 79.9. The molecule has 0 heterocycles. The van der Waals surface area contributed by atoms with Gasteiger partial charge in [-0.1, -0.05) is 27.5 Å². The van der Waals surface area contributed by atoms with Crippen molar-refractivity contribution in [3.8, 4) is 5.75 Å². The minimum Gasteiger partial charge on any atom is -0.482 e. The molecule has 0 atom stereocenters. The minimum absolute atomic E-state index is 0.214. The Hall–Kier alpha value is -1.47. The summed E-state index contributed by atoms with van der Waals surface area (Å²) in [5.74, 6) is -0.113. The number of ether oxygens (including phenoxy) is 2. The third kappa shape index (κ3) is 5.26. The van der Waals surface area contributed by atoms with E-state index in [2.05, 4.69) is 31.5 Å². The van der Waals surface area contributed by atoms with Gasteiger partial charge in [-0.05, 0) is 31.5 Å². The van der Waals surface area contributed by atoms with Crippen molar-refractivity contribution in [2.45, 2.75) is 13.8 Å². The lowest BCUT2D eigenvalue weighted by Gasteiger charge is -2.12. The van der Waals surface area contributed by atoms with E-state index in [4.69, 9.17) is 16.3 Å². The zero-order valence-electron chi connectivity index (χ0n) is 11.0. The Morgan fingerprint density at radius 2 is 2.05 bits per heavy atom. The Morgan fingerprint density at radius 3 is 2.65 bits per heavy atom. The van der Waals surface area contributed by atoms with Crippen LogP contribution in [0.15, 0.2) is 16.6 Å². The largest absolute Gasteiger partial charge is 0.482 e. The lowest BCUT2D eigenvalue weighted by Crippen LogP contribution is -2.44. The highest BCUT2D eigenvalue weighted by Gasteiger charge is 2.10. The van der Waals surface area contributed by atoms with E-state index in [1.807, 2.05) is 6.07 Å². The van der Waals surface area contributed by atoms with E-state index in [0.29, 0.717) is 10.8 Å². The van der Waals surface area contributed by atoms with Crippen LogP contribution in [0, 0.1) is 6.92 Å². The van der Waals surface area contributed by atoms with Crippen LogP contribution in [-0.4, -0.2) is 25.2 Å². The summed E-state index contributed by atoms with van der Waals surface area (Å²) in [5, 5.41) is 0.392. The van der Waals surface area contributed by atoms with Gasteiger partial charge in [0.15, 0.2) is 6.61 Å². The molecule has 2 amide bonds. The molecule has 20 heavy (non-hydrogen) atoms. The molecular weight excluding hydrogens is 351 g/mol. The number of nitrogens with one attached hydrogen (secondary N) is 2. The van der Waals surface area contributed by atoms with E-state index >= 15 is 0 Å². The third-order valence-electron chi connectivity index (χ3n) is 2.12. The number of benzene rings is 1. The Labute approximate surface area is 129 Å². The fourth-order valence-corrected chi connectivity index (χ4v) is 2.36. The van der Waals surface area contributed by atoms with E-state index in [9.17, 15) is 9.59 Å². The Morgan fingerprint density at radius 1 is 1.35 bits per heavy atom. The number of rotatable bonds is 4. The van der Waals surface area contributed by atoms with Gasteiger partial charge in [0.05, 0.1) is 11.6 Å². The summed E-state index contributed by atoms with van der Waals surface area (Å²) < 4.78 is 10.7. The maximum atomic E-state index is 11.5. The minimum atomic E-state index is -0.737. The van der Waals surface area contributed by atoms with Crippen molar-refractivity contribution in [2.24, 2.45) is 0 Å². The number of carbonyl (C=O) groups is 2. The van der Waals surface area contributed by atoms with Gasteiger partial charge in [0.25, 0.3) is 5.91 Å². The highest BCUT2D eigenvalue weighted by Crippen LogP contribution is 2.31. The van der Waals surface area contributed by atoms with Crippen molar-refractivity contribution in [3.63, 3.8) is 0 Å². The first-order valence-electron chi connectivity index (χ1n) is 5.74. The van der Waals surface area contributed by atoms with Crippen LogP contribution >= 0.6 is 27.5 Å². The van der Waals surface area contributed by atoms with Crippen LogP contribution in [-0.2, 0) is 9.53 Å². The smallest absolute Gasteiger partial charge is 0.426 e. The van der Waals surface area contributed by atoms with Gasteiger partial charge in [0, 0.05) is 4.47 Å². The number of hydrazine groups is 1. The standard InChI is InChI=1S/C12H14BrClN2O4/c1-3-19-12(18)16-15-10(17)6-20-11-7(2)4-8(13)5-9(11)14/h4-5H,3,6H2,1-2H3,(H,15,17)(H,16,18). The normalized spacial score (nSPS) is 9.80. The number of amides is 2. The average Bonchev–Trinajstić information content (AvgIpc) is 2.35. The van der Waals surface area contributed by atoms with Gasteiger partial charge >= 0.3 is 6.09 Å². The number of carbonyl (C=O) groups excluding carboxylic acids is 2. The number of hydrogen-bond donors (Lipinski definition) is 2. The molecule has 0 bridgehead atoms. The Bertz CT molecular complexity index is 487. The zero-order valence-corrected chi connectivity index (χ0v) is 13.3. The third-order valence-corrected chi connectivity index (χ3v) is 2.86. The fraction of sp³-hybridized carbons (Fsp3) is 0.333. The molecule has 2 N–H and O–H groups in total. The molecule has 0 saturated carbocycles. The van der Waals surface area contributed by atoms with E-state index < -0.39 is 12.0 Å². The van der Waals surface area contributed by atoms with Crippen molar-refractivity contribution >= 4 is 39.5 Å². The van der Waals surface area contributed by atoms with Crippen LogP contribution in [0.25, 0.3) is 0 Å². The topological polar surface area (TPSA) is 76.7 Å². The van der Waals surface area contributed by atoms with Crippen LogP contribution in [0.5, 0.6) is 5.75 Å². The maximum absolute atomic E-state index is 11.5. The van der Waals surface area contributed by atoms with Gasteiger partial charge in [-0.25, -0.2) is 10.2 Å². The van der Waals surface area contributed by atoms with Crippen LogP contribution in [0.2, 0.25) is 5.02 Å². The molecule has 6 nitrogen and oxygen atoms in total. The molecule has 0 saturated heterocycles. The molecule has 0 unspecified atom stereocenters. The molecule has 0 fully saturated rings. The summed E-state index contributed by atoms with van der Waals surface area (Å²) in [6.07, 6.45) is -0.737. The summed E-state index contributed by atoms with van der Waals surface area (Å²) in [6.45, 7) is 3.39. The molecule has 110 valence electrons. The van der Waals surface area contributed by atoms with Crippen LogP contribution in [0.1, 0.15) is 12.5 Å². The molecule has 0 spiro atoms. The van der Waals surface area contributed by atoms with E-state index in [1.54, 1.807) is 19.9 Å². The quantitative estimate of drug-likeness (QED) is 0.804. The lowest BCUT2D eigenvalue weighted by atomic mass is 10.2. The van der Waals surface area contributed by atoms with Gasteiger partial charge in [-0.3, -0.25) is 10.2 Å². The highest BCUT2D eigenvalue weighted by molar-refractivity contribution is 9.10. The predicted molar refractivity (Wildman–Crippen MR) is 77.7 cm³/mol. The summed E-state index contributed by atoms with van der Waals surface area (Å²) in [5.41, 5.74) is 5.01. The van der Waals surface area contributed by atoms with E-state index in [1.165, 1.54) is 0 Å². The van der Waals surface area contributed by atoms with Crippen molar-refractivity contribution in [1.29, 1.82) is 0 Å². The molecule has 0 aliphatic heterocycles. The second kappa shape index (κ2) is 7.96. The van der Waals surface area contributed by atoms with E-state index in [-0.39, 0.29) is 13.2 Å². The van der Waals surface area contributed by atoms with Crippen LogP contribution < -0.4 is 15.6 Å². The second-order valence-electron chi connectivity index (χ2n) is 3.72. The number of hydrogen-bond acceptors (Lipinski definition) is 4. The summed E-state index contributed by atoms with van der Waals surface area (Å²) in [7, 11) is 0. The first-order chi connectivity index (χ1) is 9.43. The molecule has 0 aliphatic rings. The lowest BCUT2D eigenvalue weighted by molar-refractivity contribution is -0.124. The second-order valence-corrected chi connectivity index (χ2v) is 5.04. The zero-order chi connectivity index (χ0) is 15.1. The van der Waals surface area contributed by atoms with Crippen LogP contribution in [0.3, 0.4) is 0 Å². The Kier molecular flexibility index (Phi) is 6.60. The van der Waals surface area contributed by atoms with Crippen LogP contribution in [0.4, 0.5) is 4.79 Å². The van der Waals surface area contributed by atoms with Crippen molar-refractivity contribution in [2.75, 3.05) is 13.2 Å². The van der Waals surface area contributed by atoms with Gasteiger partial charge in [0.1, 0.15) is 5.75 Å². The fourth-order valence-electron chi connectivity index (χ4n) is 1.33. The number of aryl methyl sites for hydroxylation is 1. The first kappa shape index (κ1) is 16.6. The molecule has 0 aliphatic carbocycles. The molecule has 1 aromatic rings. The summed E-state index contributed by atoms with van der Waals surface area (Å²) >= 11 is 9.31. The Balaban J connectivity index is 2.47. The number of halogens is 2. The first-order valence-corrected chi connectivity index (χ1v) is 6.91. The molecule has 0 aromatic heterocycles. The summed E-state index contributed by atoms with van der Waals surface area (Å²) in [4.78, 5) is 22.4. The van der Waals surface area contributed by atoms with Gasteiger partial charge in [-0.2, -0.15) is 0 Å². The molecule has 0 radical (unpaired) electrons. The van der Waals surface area contributed by atoms with Gasteiger partial charge in [0.2, 0.25) is 0 Å². The van der Waals surface area contributed by atoms with Gasteiger partial charge < -0.3 is 9.47 Å². The SMILES string of the molecule is CCOC(=O)NNC(=O)COc1c(C)cc(Br)cc1Cl. The molecular formula is C12H14BrClN2O4. The molecule has 1 rings (SSSR count). The van der Waals surface area contributed by atoms with Crippen molar-refractivity contribution in [1.82, 2.24) is 10.9 Å². The predicted octanol–water partition coefficient (Wildman–Crippen LogP) is 2.57. The summed E-state index contributed by atoms with van der Waals surface area (Å²) in [6, 6.07) is 3.48. The monoisotopic (exact) mass is 364 g/mol. The molecule has 8 heteroatoms. The van der Waals surface area contributed by atoms with E-state index in [0.717, 1.165) is 10.0 Å². The van der Waals surface area contributed by atoms with Crippen molar-refractivity contribution in [3.05, 3.63) is 27.2 Å². The van der Waals surface area contributed by atoms with Crippen molar-refractivity contribution < 1.29 is 19.1 Å². The average molecular weight is 366 g/mol. The molecule has 1 aromatic carbocycles. The maximum Gasteiger partial charge on any atom is 0.426 e. The van der Waals surface area contributed by atoms with Gasteiger partial charge in [-0.15, -0.1) is 0 Å².